The lowest BCUT2D eigenvalue weighted by Crippen LogP contribution is -2.47. The molecule has 2 aliphatic rings. The summed E-state index contributed by atoms with van der Waals surface area (Å²) >= 11 is 0. The molecule has 0 spiro atoms. The van der Waals surface area contributed by atoms with Crippen molar-refractivity contribution in [1.82, 2.24) is 15.5 Å². The molecule has 2 amide bonds. The number of hydrogen-bond donors (Lipinski definition) is 2. The fourth-order valence-corrected chi connectivity index (χ4v) is 3.61. The van der Waals surface area contributed by atoms with Crippen LogP contribution in [0.15, 0.2) is 6.07 Å². The Balaban J connectivity index is 1.64. The second-order valence-corrected chi connectivity index (χ2v) is 7.00. The Hall–Kier alpha value is -2.16. The van der Waals surface area contributed by atoms with Gasteiger partial charge in [0.25, 0.3) is 5.91 Å². The minimum atomic E-state index is -1.69. The number of nitrogens with one attached hydrogen (secondary N) is 2. The van der Waals surface area contributed by atoms with Crippen LogP contribution in [0, 0.1) is 29.2 Å². The van der Waals surface area contributed by atoms with E-state index in [9.17, 15) is 27.2 Å². The highest BCUT2D eigenvalue weighted by atomic mass is 19.2. The van der Waals surface area contributed by atoms with Crippen LogP contribution in [0.5, 0.6) is 0 Å². The fraction of sp³-hybridized carbons (Fsp3) is 0.556. The first kappa shape index (κ1) is 19.6. The van der Waals surface area contributed by atoms with Gasteiger partial charge in [-0.1, -0.05) is 0 Å². The monoisotopic (exact) mass is 387 g/mol. The van der Waals surface area contributed by atoms with Crippen molar-refractivity contribution in [2.45, 2.75) is 31.7 Å². The van der Waals surface area contributed by atoms with Crippen molar-refractivity contribution in [3.05, 3.63) is 34.9 Å². The summed E-state index contributed by atoms with van der Waals surface area (Å²) in [6, 6.07) is -0.141. The molecule has 5 nitrogen and oxygen atoms in total. The Kier molecular flexibility index (Phi) is 5.98. The number of nitrogens with zero attached hydrogens (tertiary/aromatic N) is 1. The summed E-state index contributed by atoms with van der Waals surface area (Å²) in [5, 5.41) is 5.91. The molecule has 2 fully saturated rings. The topological polar surface area (TPSA) is 61.4 Å². The van der Waals surface area contributed by atoms with Crippen molar-refractivity contribution in [1.29, 1.82) is 0 Å². The maximum Gasteiger partial charge on any atom is 0.260 e. The number of likely N-dealkylation sites (tertiary alicyclic amines) is 1. The highest BCUT2D eigenvalue weighted by Gasteiger charge is 2.32. The molecular formula is C18H21F4N3O2. The number of amides is 2. The molecule has 0 aliphatic carbocycles. The highest BCUT2D eigenvalue weighted by molar-refractivity contribution is 5.95. The standard InChI is InChI=1S/C18H21F4N3O2/c19-11-7-12(20)16(22)14(15(11)21)18(27)25-6-2-3-10(9-25)8-24-17(26)13-4-1-5-23-13/h7,10,13,23H,1-6,8-9H2,(H,24,26). The average Bonchev–Trinajstić information content (AvgIpc) is 3.20. The van der Waals surface area contributed by atoms with Gasteiger partial charge in [0.05, 0.1) is 6.04 Å². The van der Waals surface area contributed by atoms with Crippen molar-refractivity contribution in [3.8, 4) is 0 Å². The van der Waals surface area contributed by atoms with Crippen LogP contribution in [0.25, 0.3) is 0 Å². The summed E-state index contributed by atoms with van der Waals surface area (Å²) in [4.78, 5) is 25.7. The normalized spacial score (nSPS) is 22.7. The maximum absolute atomic E-state index is 13.9. The first-order valence-corrected chi connectivity index (χ1v) is 9.02. The first-order chi connectivity index (χ1) is 12.9. The van der Waals surface area contributed by atoms with Gasteiger partial charge in [0.2, 0.25) is 5.91 Å². The van der Waals surface area contributed by atoms with Crippen molar-refractivity contribution in [2.75, 3.05) is 26.2 Å². The van der Waals surface area contributed by atoms with Gasteiger partial charge in [-0.25, -0.2) is 17.6 Å². The average molecular weight is 387 g/mol. The molecule has 2 aliphatic heterocycles. The maximum atomic E-state index is 13.9. The third kappa shape index (κ3) is 4.23. The van der Waals surface area contributed by atoms with E-state index < -0.39 is 34.7 Å². The second-order valence-electron chi connectivity index (χ2n) is 7.00. The Labute approximate surface area is 154 Å². The zero-order valence-corrected chi connectivity index (χ0v) is 14.7. The van der Waals surface area contributed by atoms with Crippen LogP contribution in [-0.4, -0.2) is 48.9 Å². The fourth-order valence-electron chi connectivity index (χ4n) is 3.61. The predicted octanol–water partition coefficient (Wildman–Crippen LogP) is 1.96. The number of halogens is 4. The van der Waals surface area contributed by atoms with E-state index in [1.54, 1.807) is 0 Å². The zero-order valence-electron chi connectivity index (χ0n) is 14.7. The predicted molar refractivity (Wildman–Crippen MR) is 88.9 cm³/mol. The van der Waals surface area contributed by atoms with Gasteiger partial charge < -0.3 is 15.5 Å². The number of piperidine rings is 1. The molecule has 2 saturated heterocycles. The van der Waals surface area contributed by atoms with Crippen molar-refractivity contribution >= 4 is 11.8 Å². The zero-order chi connectivity index (χ0) is 19.6. The van der Waals surface area contributed by atoms with Gasteiger partial charge >= 0.3 is 0 Å². The van der Waals surface area contributed by atoms with Crippen molar-refractivity contribution in [3.63, 3.8) is 0 Å². The van der Waals surface area contributed by atoms with Crippen LogP contribution in [0.1, 0.15) is 36.0 Å². The smallest absolute Gasteiger partial charge is 0.260 e. The molecule has 27 heavy (non-hydrogen) atoms. The van der Waals surface area contributed by atoms with E-state index in [-0.39, 0.29) is 37.0 Å². The number of carbonyl (C=O) groups excluding carboxylic acids is 2. The molecule has 9 heteroatoms. The summed E-state index contributed by atoms with van der Waals surface area (Å²) in [7, 11) is 0. The molecule has 0 aromatic heterocycles. The summed E-state index contributed by atoms with van der Waals surface area (Å²) in [6.07, 6.45) is 3.00. The second kappa shape index (κ2) is 8.24. The van der Waals surface area contributed by atoms with E-state index in [0.717, 1.165) is 25.8 Å². The molecule has 1 aromatic carbocycles. The van der Waals surface area contributed by atoms with Gasteiger partial charge in [-0.3, -0.25) is 9.59 Å². The Bertz CT molecular complexity index is 712. The first-order valence-electron chi connectivity index (χ1n) is 9.02. The quantitative estimate of drug-likeness (QED) is 0.614. The van der Waals surface area contributed by atoms with E-state index >= 15 is 0 Å². The van der Waals surface area contributed by atoms with Crippen LogP contribution < -0.4 is 10.6 Å². The molecular weight excluding hydrogens is 366 g/mol. The molecule has 2 unspecified atom stereocenters. The van der Waals surface area contributed by atoms with Crippen LogP contribution in [0.4, 0.5) is 17.6 Å². The summed E-state index contributed by atoms with van der Waals surface area (Å²) in [5.74, 6) is -7.90. The number of carbonyl (C=O) groups is 2. The van der Waals surface area contributed by atoms with E-state index in [0.29, 0.717) is 13.0 Å². The molecule has 0 radical (unpaired) electrons. The lowest BCUT2D eigenvalue weighted by atomic mass is 9.97. The minimum Gasteiger partial charge on any atom is -0.354 e. The summed E-state index contributed by atoms with van der Waals surface area (Å²) < 4.78 is 54.5. The summed E-state index contributed by atoms with van der Waals surface area (Å²) in [5.41, 5.74) is -1.22. The van der Waals surface area contributed by atoms with Crippen LogP contribution in [-0.2, 0) is 4.79 Å². The van der Waals surface area contributed by atoms with E-state index in [4.69, 9.17) is 0 Å². The largest absolute Gasteiger partial charge is 0.354 e. The molecule has 2 heterocycles. The molecule has 2 N–H and O–H groups in total. The van der Waals surface area contributed by atoms with E-state index in [1.807, 2.05) is 0 Å². The highest BCUT2D eigenvalue weighted by Crippen LogP contribution is 2.24. The molecule has 1 aromatic rings. The van der Waals surface area contributed by atoms with Crippen molar-refractivity contribution in [2.24, 2.45) is 5.92 Å². The van der Waals surface area contributed by atoms with Crippen LogP contribution in [0.3, 0.4) is 0 Å². The van der Waals surface area contributed by atoms with Gasteiger partial charge in [0.1, 0.15) is 5.56 Å². The lowest BCUT2D eigenvalue weighted by molar-refractivity contribution is -0.123. The van der Waals surface area contributed by atoms with Gasteiger partial charge in [-0.05, 0) is 38.1 Å². The van der Waals surface area contributed by atoms with E-state index in [1.165, 1.54) is 4.90 Å². The van der Waals surface area contributed by atoms with Crippen LogP contribution >= 0.6 is 0 Å². The van der Waals surface area contributed by atoms with Crippen LogP contribution in [0.2, 0.25) is 0 Å². The Morgan fingerprint density at radius 1 is 1.11 bits per heavy atom. The van der Waals surface area contributed by atoms with E-state index in [2.05, 4.69) is 10.6 Å². The molecule has 0 bridgehead atoms. The van der Waals surface area contributed by atoms with Gasteiger partial charge in [0, 0.05) is 25.7 Å². The number of rotatable bonds is 4. The molecule has 148 valence electrons. The molecule has 3 rings (SSSR count). The number of hydrogen-bond acceptors (Lipinski definition) is 3. The molecule has 0 saturated carbocycles. The number of benzene rings is 1. The van der Waals surface area contributed by atoms with Gasteiger partial charge in [0.15, 0.2) is 23.3 Å². The van der Waals surface area contributed by atoms with Gasteiger partial charge in [-0.15, -0.1) is 0 Å². The lowest BCUT2D eigenvalue weighted by Gasteiger charge is -2.33. The molecule has 2 atom stereocenters. The van der Waals surface area contributed by atoms with Crippen molar-refractivity contribution < 1.29 is 27.2 Å². The Morgan fingerprint density at radius 2 is 1.81 bits per heavy atom. The third-order valence-corrected chi connectivity index (χ3v) is 5.07. The minimum absolute atomic E-state index is 0.0764. The SMILES string of the molecule is O=C(NCC1CCCN(C(=O)c2c(F)c(F)cc(F)c2F)C1)C1CCCN1. The Morgan fingerprint density at radius 3 is 2.44 bits per heavy atom. The third-order valence-electron chi connectivity index (χ3n) is 5.07. The van der Waals surface area contributed by atoms with Gasteiger partial charge in [-0.2, -0.15) is 0 Å². The summed E-state index contributed by atoms with van der Waals surface area (Å²) in [6.45, 7) is 1.49.